The predicted octanol–water partition coefficient (Wildman–Crippen LogP) is 3.93. The Morgan fingerprint density at radius 3 is 1.77 bits per heavy atom. The summed E-state index contributed by atoms with van der Waals surface area (Å²) in [6, 6.07) is 1.61. The second-order valence-electron chi connectivity index (χ2n) is 3.70. The average Bonchev–Trinajstić information content (AvgIpc) is 2.58. The molecule has 0 radical (unpaired) electrons. The molecule has 0 aromatic rings. The highest BCUT2D eigenvalue weighted by Crippen LogP contribution is 2.23. The van der Waals surface area contributed by atoms with Gasteiger partial charge in [-0.2, -0.15) is 0 Å². The molecule has 82 valence electrons. The van der Waals surface area contributed by atoms with Crippen molar-refractivity contribution in [1.29, 1.82) is 0 Å². The molecule has 1 nitrogen and oxygen atoms in total. The summed E-state index contributed by atoms with van der Waals surface area (Å²) in [6.07, 6.45) is 5.74. The van der Waals surface area contributed by atoms with Crippen molar-refractivity contribution in [1.82, 2.24) is 4.90 Å². The Bertz CT molecular complexity index is 93.3. The zero-order valence-electron chi connectivity index (χ0n) is 9.43. The van der Waals surface area contributed by atoms with Crippen molar-refractivity contribution < 1.29 is 0 Å². The summed E-state index contributed by atoms with van der Waals surface area (Å²) >= 11 is 0. The van der Waals surface area contributed by atoms with Crippen molar-refractivity contribution >= 4 is 0 Å². The molecule has 0 unspecified atom stereocenters. The Kier molecular flexibility index (Phi) is 10.2. The molecule has 1 rings (SSSR count). The smallest absolute Gasteiger partial charge is 0.00949 e. The van der Waals surface area contributed by atoms with Crippen molar-refractivity contribution in [2.45, 2.75) is 72.9 Å². The zero-order chi connectivity index (χ0) is 9.56. The average molecular weight is 187 g/mol. The molecule has 0 N–H and O–H groups in total. The molecule has 0 aromatic heterocycles. The maximum Gasteiger partial charge on any atom is 0.00949 e. The van der Waals surface area contributed by atoms with Crippen LogP contribution in [0.4, 0.5) is 0 Å². The molecule has 0 saturated heterocycles. The molecule has 1 aliphatic carbocycles. The van der Waals surface area contributed by atoms with E-state index in [-0.39, 0.29) is 7.43 Å². The van der Waals surface area contributed by atoms with Gasteiger partial charge in [-0.05, 0) is 33.7 Å². The van der Waals surface area contributed by atoms with Gasteiger partial charge in [-0.15, -0.1) is 0 Å². The van der Waals surface area contributed by atoms with Crippen LogP contribution in [0.15, 0.2) is 0 Å². The van der Waals surface area contributed by atoms with Gasteiger partial charge in [0.05, 0.1) is 0 Å². The van der Waals surface area contributed by atoms with Gasteiger partial charge in [0.15, 0.2) is 0 Å². The molecule has 1 heteroatoms. The molecular weight excluding hydrogens is 158 g/mol. The maximum absolute atomic E-state index is 2.51. The van der Waals surface area contributed by atoms with E-state index < -0.39 is 0 Å². The number of hydrogen-bond donors (Lipinski definition) is 0. The Morgan fingerprint density at radius 1 is 1.08 bits per heavy atom. The quantitative estimate of drug-likeness (QED) is 0.633. The van der Waals surface area contributed by atoms with Crippen molar-refractivity contribution in [3.8, 4) is 0 Å². The van der Waals surface area contributed by atoms with E-state index in [1.54, 1.807) is 0 Å². The summed E-state index contributed by atoms with van der Waals surface area (Å²) in [5.41, 5.74) is 0. The van der Waals surface area contributed by atoms with Crippen molar-refractivity contribution in [2.75, 3.05) is 7.05 Å². The van der Waals surface area contributed by atoms with Crippen LogP contribution in [-0.2, 0) is 0 Å². The lowest BCUT2D eigenvalue weighted by Crippen LogP contribution is -2.34. The third-order valence-electron chi connectivity index (χ3n) is 2.72. The molecule has 1 aliphatic rings. The minimum Gasteiger partial charge on any atom is -0.301 e. The van der Waals surface area contributed by atoms with Gasteiger partial charge in [-0.1, -0.05) is 34.1 Å². The van der Waals surface area contributed by atoms with Crippen LogP contribution in [0.3, 0.4) is 0 Å². The lowest BCUT2D eigenvalue weighted by atomic mass is 10.2. The van der Waals surface area contributed by atoms with Crippen LogP contribution in [0, 0.1) is 0 Å². The molecule has 1 fully saturated rings. The van der Waals surface area contributed by atoms with Crippen LogP contribution >= 0.6 is 0 Å². The fraction of sp³-hybridized carbons (Fsp3) is 1.00. The van der Waals surface area contributed by atoms with Gasteiger partial charge < -0.3 is 4.90 Å². The highest BCUT2D eigenvalue weighted by molar-refractivity contribution is 4.76. The summed E-state index contributed by atoms with van der Waals surface area (Å²) in [6.45, 7) is 8.55. The molecule has 13 heavy (non-hydrogen) atoms. The van der Waals surface area contributed by atoms with Crippen LogP contribution in [0.5, 0.6) is 0 Å². The van der Waals surface area contributed by atoms with Gasteiger partial charge in [0, 0.05) is 12.1 Å². The molecular formula is C12H29N. The Hall–Kier alpha value is -0.0400. The zero-order valence-corrected chi connectivity index (χ0v) is 9.43. The largest absolute Gasteiger partial charge is 0.301 e. The molecule has 0 amide bonds. The van der Waals surface area contributed by atoms with E-state index in [4.69, 9.17) is 0 Å². The fourth-order valence-electron chi connectivity index (χ4n) is 1.73. The van der Waals surface area contributed by atoms with Crippen LogP contribution in [0.1, 0.15) is 60.8 Å². The van der Waals surface area contributed by atoms with E-state index >= 15 is 0 Å². The number of hydrogen-bond acceptors (Lipinski definition) is 1. The molecule has 0 bridgehead atoms. The fourth-order valence-corrected chi connectivity index (χ4v) is 1.73. The Balaban J connectivity index is 0. The van der Waals surface area contributed by atoms with Gasteiger partial charge in [-0.25, -0.2) is 0 Å². The van der Waals surface area contributed by atoms with E-state index in [0.29, 0.717) is 0 Å². The number of nitrogens with zero attached hydrogens (tertiary/aromatic N) is 1. The first-order chi connectivity index (χ1) is 5.72. The summed E-state index contributed by atoms with van der Waals surface area (Å²) in [4.78, 5) is 2.51. The highest BCUT2D eigenvalue weighted by Gasteiger charge is 2.20. The SMILES string of the molecule is C.CC.CC(C)N(C)C1CCCC1. The molecule has 0 atom stereocenters. The minimum atomic E-state index is 0. The van der Waals surface area contributed by atoms with E-state index in [1.807, 2.05) is 13.8 Å². The van der Waals surface area contributed by atoms with Gasteiger partial charge in [0.25, 0.3) is 0 Å². The minimum absolute atomic E-state index is 0. The van der Waals surface area contributed by atoms with Gasteiger partial charge in [0.2, 0.25) is 0 Å². The second kappa shape index (κ2) is 8.55. The lowest BCUT2D eigenvalue weighted by molar-refractivity contribution is 0.198. The molecule has 0 heterocycles. The normalized spacial score (nSPS) is 16.8. The molecule has 0 aliphatic heterocycles. The van der Waals surface area contributed by atoms with Gasteiger partial charge in [-0.3, -0.25) is 0 Å². The van der Waals surface area contributed by atoms with Crippen LogP contribution in [0.25, 0.3) is 0 Å². The summed E-state index contributed by atoms with van der Waals surface area (Å²) in [7, 11) is 2.25. The van der Waals surface area contributed by atoms with Crippen LogP contribution in [-0.4, -0.2) is 24.0 Å². The van der Waals surface area contributed by atoms with Crippen molar-refractivity contribution in [3.63, 3.8) is 0 Å². The van der Waals surface area contributed by atoms with Crippen molar-refractivity contribution in [3.05, 3.63) is 0 Å². The molecule has 0 aromatic carbocycles. The van der Waals surface area contributed by atoms with Crippen molar-refractivity contribution in [2.24, 2.45) is 0 Å². The molecule has 0 spiro atoms. The monoisotopic (exact) mass is 187 g/mol. The van der Waals surface area contributed by atoms with Crippen LogP contribution < -0.4 is 0 Å². The van der Waals surface area contributed by atoms with E-state index in [2.05, 4.69) is 25.8 Å². The van der Waals surface area contributed by atoms with E-state index in [1.165, 1.54) is 25.7 Å². The van der Waals surface area contributed by atoms with Gasteiger partial charge in [0.1, 0.15) is 0 Å². The Morgan fingerprint density at radius 2 is 1.46 bits per heavy atom. The third kappa shape index (κ3) is 5.30. The number of rotatable bonds is 2. The van der Waals surface area contributed by atoms with Crippen LogP contribution in [0.2, 0.25) is 0 Å². The lowest BCUT2D eigenvalue weighted by Gasteiger charge is -2.27. The second-order valence-corrected chi connectivity index (χ2v) is 3.70. The highest BCUT2D eigenvalue weighted by atomic mass is 15.1. The predicted molar refractivity (Wildman–Crippen MR) is 63.2 cm³/mol. The molecule has 1 saturated carbocycles. The maximum atomic E-state index is 2.51. The summed E-state index contributed by atoms with van der Waals surface area (Å²) in [5.74, 6) is 0. The Labute approximate surface area is 85.5 Å². The third-order valence-corrected chi connectivity index (χ3v) is 2.72. The topological polar surface area (TPSA) is 3.24 Å². The first-order valence-corrected chi connectivity index (χ1v) is 5.43. The first-order valence-electron chi connectivity index (χ1n) is 5.43. The van der Waals surface area contributed by atoms with Gasteiger partial charge >= 0.3 is 0 Å². The first kappa shape index (κ1) is 15.4. The summed E-state index contributed by atoms with van der Waals surface area (Å²) < 4.78 is 0. The van der Waals surface area contributed by atoms with E-state index in [9.17, 15) is 0 Å². The standard InChI is InChI=1S/C9H19N.C2H6.CH4/c1-8(2)10(3)9-6-4-5-7-9;1-2;/h8-9H,4-7H2,1-3H3;1-2H3;1H4. The summed E-state index contributed by atoms with van der Waals surface area (Å²) in [5, 5.41) is 0. The van der Waals surface area contributed by atoms with E-state index in [0.717, 1.165) is 12.1 Å².